The standard InChI is InChI=1S/C17H13N5O2S/c23-22(24)17-15(20-14-8-4-5-9-21(14)17)18-10-13-11-25-16(19-13)12-6-2-1-3-7-12/h1-9,11,18H,10H2. The fourth-order valence-electron chi connectivity index (χ4n) is 2.55. The molecule has 0 saturated carbocycles. The third-order valence-electron chi connectivity index (χ3n) is 3.69. The monoisotopic (exact) mass is 351 g/mol. The van der Waals surface area contributed by atoms with Gasteiger partial charge in [-0.05, 0) is 11.0 Å². The molecular formula is C17H13N5O2S. The van der Waals surface area contributed by atoms with E-state index in [0.717, 1.165) is 16.3 Å². The number of benzene rings is 1. The summed E-state index contributed by atoms with van der Waals surface area (Å²) in [7, 11) is 0. The molecule has 0 unspecified atom stereocenters. The van der Waals surface area contributed by atoms with Crippen molar-refractivity contribution in [2.24, 2.45) is 0 Å². The second kappa shape index (κ2) is 6.33. The highest BCUT2D eigenvalue weighted by Crippen LogP contribution is 2.27. The number of hydrogen-bond acceptors (Lipinski definition) is 6. The van der Waals surface area contributed by atoms with Crippen molar-refractivity contribution < 1.29 is 4.92 Å². The smallest absolute Gasteiger partial charge is 0.358 e. The van der Waals surface area contributed by atoms with E-state index in [1.165, 1.54) is 4.40 Å². The summed E-state index contributed by atoms with van der Waals surface area (Å²) in [6.07, 6.45) is 1.63. The largest absolute Gasteiger partial charge is 0.372 e. The second-order valence-corrected chi connectivity index (χ2v) is 6.19. The number of imidazole rings is 1. The molecular weight excluding hydrogens is 338 g/mol. The fourth-order valence-corrected chi connectivity index (χ4v) is 3.38. The summed E-state index contributed by atoms with van der Waals surface area (Å²) in [5.74, 6) is 0.166. The maximum absolute atomic E-state index is 11.4. The van der Waals surface area contributed by atoms with Gasteiger partial charge in [0.15, 0.2) is 0 Å². The number of thiazole rings is 1. The molecule has 3 heterocycles. The maximum atomic E-state index is 11.4. The topological polar surface area (TPSA) is 85.4 Å². The summed E-state index contributed by atoms with van der Waals surface area (Å²) in [4.78, 5) is 19.8. The van der Waals surface area contributed by atoms with Gasteiger partial charge >= 0.3 is 5.82 Å². The predicted octanol–water partition coefficient (Wildman–Crippen LogP) is 3.98. The molecule has 8 heteroatoms. The molecule has 0 saturated heterocycles. The number of aromatic nitrogens is 3. The lowest BCUT2D eigenvalue weighted by atomic mass is 10.2. The van der Waals surface area contributed by atoms with Crippen molar-refractivity contribution in [3.05, 3.63) is 75.9 Å². The van der Waals surface area contributed by atoms with Gasteiger partial charge in [-0.15, -0.1) is 11.3 Å². The number of pyridine rings is 1. The number of hydrogen-bond donors (Lipinski definition) is 1. The molecule has 1 N–H and O–H groups in total. The summed E-state index contributed by atoms with van der Waals surface area (Å²) in [5, 5.41) is 17.3. The van der Waals surface area contributed by atoms with E-state index >= 15 is 0 Å². The number of nitrogens with zero attached hydrogens (tertiary/aromatic N) is 4. The zero-order chi connectivity index (χ0) is 17.2. The highest BCUT2D eigenvalue weighted by molar-refractivity contribution is 7.13. The number of nitro groups is 1. The van der Waals surface area contributed by atoms with Crippen LogP contribution in [0, 0.1) is 10.1 Å². The molecule has 0 aliphatic heterocycles. The van der Waals surface area contributed by atoms with Gasteiger partial charge in [-0.3, -0.25) is 0 Å². The van der Waals surface area contributed by atoms with Crippen molar-refractivity contribution in [2.75, 3.05) is 5.32 Å². The van der Waals surface area contributed by atoms with E-state index in [-0.39, 0.29) is 11.6 Å². The van der Waals surface area contributed by atoms with E-state index in [1.807, 2.05) is 35.7 Å². The third-order valence-corrected chi connectivity index (χ3v) is 4.63. The van der Waals surface area contributed by atoms with Crippen molar-refractivity contribution in [3.8, 4) is 10.6 Å². The SMILES string of the molecule is O=[N+]([O-])c1c(NCc2csc(-c3ccccc3)n2)nc2ccccn12. The molecule has 0 aliphatic carbocycles. The molecule has 0 atom stereocenters. The molecule has 7 nitrogen and oxygen atoms in total. The molecule has 25 heavy (non-hydrogen) atoms. The zero-order valence-electron chi connectivity index (χ0n) is 13.0. The Labute approximate surface area is 146 Å². The first-order valence-electron chi connectivity index (χ1n) is 7.57. The van der Waals surface area contributed by atoms with Gasteiger partial charge in [0.2, 0.25) is 11.5 Å². The summed E-state index contributed by atoms with van der Waals surface area (Å²) < 4.78 is 1.46. The summed E-state index contributed by atoms with van der Waals surface area (Å²) in [5.41, 5.74) is 2.40. The average Bonchev–Trinajstić information content (AvgIpc) is 3.25. The van der Waals surface area contributed by atoms with E-state index < -0.39 is 4.92 Å². The predicted molar refractivity (Wildman–Crippen MR) is 96.7 cm³/mol. The Bertz CT molecular complexity index is 1040. The van der Waals surface area contributed by atoms with E-state index in [9.17, 15) is 10.1 Å². The van der Waals surface area contributed by atoms with Crippen LogP contribution in [0.15, 0.2) is 60.1 Å². The van der Waals surface area contributed by atoms with Crippen molar-refractivity contribution in [1.29, 1.82) is 0 Å². The van der Waals surface area contributed by atoms with Gasteiger partial charge in [-0.1, -0.05) is 36.4 Å². The molecule has 0 radical (unpaired) electrons. The number of fused-ring (bicyclic) bond motifs is 1. The van der Waals surface area contributed by atoms with Gasteiger partial charge in [0.05, 0.1) is 18.4 Å². The summed E-state index contributed by atoms with van der Waals surface area (Å²) >= 11 is 1.54. The Morgan fingerprint density at radius 1 is 1.12 bits per heavy atom. The molecule has 3 aromatic heterocycles. The molecule has 0 bridgehead atoms. The minimum absolute atomic E-state index is 0.0749. The van der Waals surface area contributed by atoms with Crippen molar-refractivity contribution in [2.45, 2.75) is 6.54 Å². The van der Waals surface area contributed by atoms with Crippen LogP contribution in [0.25, 0.3) is 16.2 Å². The third kappa shape index (κ3) is 2.94. The van der Waals surface area contributed by atoms with Crippen LogP contribution in [0.4, 0.5) is 11.6 Å². The first kappa shape index (κ1) is 15.3. The minimum Gasteiger partial charge on any atom is -0.358 e. The van der Waals surface area contributed by atoms with Gasteiger partial charge in [0.1, 0.15) is 5.01 Å². The lowest BCUT2D eigenvalue weighted by molar-refractivity contribution is -0.389. The lowest BCUT2D eigenvalue weighted by Gasteiger charge is -2.01. The highest BCUT2D eigenvalue weighted by atomic mass is 32.1. The van der Waals surface area contributed by atoms with Gasteiger partial charge in [0, 0.05) is 17.0 Å². The van der Waals surface area contributed by atoms with Gasteiger partial charge in [0.25, 0.3) is 0 Å². The Kier molecular flexibility index (Phi) is 3.87. The van der Waals surface area contributed by atoms with E-state index in [1.54, 1.807) is 35.7 Å². The number of nitrogens with one attached hydrogen (secondary N) is 1. The molecule has 4 rings (SSSR count). The molecule has 0 fully saturated rings. The van der Waals surface area contributed by atoms with Crippen LogP contribution < -0.4 is 5.32 Å². The van der Waals surface area contributed by atoms with Crippen molar-refractivity contribution >= 4 is 28.6 Å². The molecule has 0 aliphatic rings. The summed E-state index contributed by atoms with van der Waals surface area (Å²) in [6.45, 7) is 0.369. The Hall–Kier alpha value is -3.26. The van der Waals surface area contributed by atoms with Gasteiger partial charge in [-0.25, -0.2) is 4.98 Å². The van der Waals surface area contributed by atoms with Gasteiger partial charge in [-0.2, -0.15) is 9.38 Å². The quantitative estimate of drug-likeness (QED) is 0.434. The van der Waals surface area contributed by atoms with Crippen molar-refractivity contribution in [1.82, 2.24) is 14.4 Å². The average molecular weight is 351 g/mol. The molecule has 0 amide bonds. The number of rotatable bonds is 5. The Morgan fingerprint density at radius 3 is 2.72 bits per heavy atom. The highest BCUT2D eigenvalue weighted by Gasteiger charge is 2.22. The van der Waals surface area contributed by atoms with Crippen LogP contribution >= 0.6 is 11.3 Å². The molecule has 124 valence electrons. The first-order chi connectivity index (χ1) is 12.2. The van der Waals surface area contributed by atoms with Crippen LogP contribution in [-0.4, -0.2) is 19.3 Å². The first-order valence-corrected chi connectivity index (χ1v) is 8.45. The van der Waals surface area contributed by atoms with Crippen LogP contribution in [0.5, 0.6) is 0 Å². The maximum Gasteiger partial charge on any atom is 0.372 e. The van der Waals surface area contributed by atoms with Crippen LogP contribution in [-0.2, 0) is 6.54 Å². The fraction of sp³-hybridized carbons (Fsp3) is 0.0588. The van der Waals surface area contributed by atoms with E-state index in [2.05, 4.69) is 15.3 Å². The van der Waals surface area contributed by atoms with E-state index in [4.69, 9.17) is 0 Å². The Balaban J connectivity index is 1.58. The van der Waals surface area contributed by atoms with Crippen LogP contribution in [0.1, 0.15) is 5.69 Å². The van der Waals surface area contributed by atoms with Crippen LogP contribution in [0.3, 0.4) is 0 Å². The lowest BCUT2D eigenvalue weighted by Crippen LogP contribution is -2.03. The Morgan fingerprint density at radius 2 is 1.92 bits per heavy atom. The molecule has 0 spiro atoms. The van der Waals surface area contributed by atoms with E-state index in [0.29, 0.717) is 12.2 Å². The second-order valence-electron chi connectivity index (χ2n) is 5.33. The minimum atomic E-state index is -0.432. The molecule has 1 aromatic carbocycles. The summed E-state index contributed by atoms with van der Waals surface area (Å²) in [6, 6.07) is 15.2. The zero-order valence-corrected chi connectivity index (χ0v) is 13.8. The van der Waals surface area contributed by atoms with Crippen molar-refractivity contribution in [3.63, 3.8) is 0 Å². The van der Waals surface area contributed by atoms with Gasteiger partial charge < -0.3 is 15.4 Å². The normalized spacial score (nSPS) is 10.9. The molecule has 4 aromatic rings. The van der Waals surface area contributed by atoms with Crippen LogP contribution in [0.2, 0.25) is 0 Å². The number of anilines is 1.